The Hall–Kier alpha value is -1.68. The van der Waals surface area contributed by atoms with Gasteiger partial charge in [-0.15, -0.1) is 0 Å². The molecule has 0 aliphatic rings. The van der Waals surface area contributed by atoms with Crippen LogP contribution in [0.5, 0.6) is 0 Å². The summed E-state index contributed by atoms with van der Waals surface area (Å²) in [6, 6.07) is 9.19. The van der Waals surface area contributed by atoms with Crippen LogP contribution in [0.1, 0.15) is 16.1 Å². The van der Waals surface area contributed by atoms with Crippen LogP contribution >= 0.6 is 11.8 Å². The number of carbonyl (C=O) groups excluding carboxylic acids is 1. The number of hydrogen-bond acceptors (Lipinski definition) is 4. The Morgan fingerprint density at radius 2 is 2.00 bits per heavy atom. The minimum absolute atomic E-state index is 0.0125. The van der Waals surface area contributed by atoms with Gasteiger partial charge in [0, 0.05) is 11.8 Å². The molecule has 0 atom stereocenters. The first-order valence-corrected chi connectivity index (χ1v) is 5.63. The number of benzene rings is 1. The molecule has 2 rings (SSSR count). The molecule has 16 heavy (non-hydrogen) atoms. The first-order valence-electron chi connectivity index (χ1n) is 4.81. The number of hydrogen-bond donors (Lipinski definition) is 0. The molecule has 1 aromatic carbocycles. The van der Waals surface area contributed by atoms with E-state index in [1.54, 1.807) is 18.3 Å². The molecule has 0 aliphatic heterocycles. The van der Waals surface area contributed by atoms with Crippen LogP contribution in [0.2, 0.25) is 0 Å². The molecule has 3 nitrogen and oxygen atoms in total. The van der Waals surface area contributed by atoms with Crippen molar-refractivity contribution in [3.63, 3.8) is 0 Å². The molecule has 1 aromatic heterocycles. The molecule has 80 valence electrons. The monoisotopic (exact) mass is 230 g/mol. The molecular weight excluding hydrogens is 220 g/mol. The highest BCUT2D eigenvalue weighted by Crippen LogP contribution is 2.23. The lowest BCUT2D eigenvalue weighted by Gasteiger charge is -2.02. The maximum atomic E-state index is 11.9. The van der Waals surface area contributed by atoms with Gasteiger partial charge in [0.15, 0.2) is 0 Å². The van der Waals surface area contributed by atoms with E-state index in [0.717, 1.165) is 22.4 Å². The van der Waals surface area contributed by atoms with E-state index in [4.69, 9.17) is 0 Å². The van der Waals surface area contributed by atoms with E-state index < -0.39 is 0 Å². The molecule has 0 saturated carbocycles. The van der Waals surface area contributed by atoms with Gasteiger partial charge in [0.1, 0.15) is 6.33 Å². The summed E-state index contributed by atoms with van der Waals surface area (Å²) >= 11 is 1.16. The molecule has 1 heterocycles. The molecule has 0 unspecified atom stereocenters. The van der Waals surface area contributed by atoms with Gasteiger partial charge in [-0.3, -0.25) is 4.79 Å². The quantitative estimate of drug-likeness (QED) is 0.744. The molecule has 0 saturated heterocycles. The van der Waals surface area contributed by atoms with Crippen molar-refractivity contribution in [3.8, 4) is 0 Å². The molecule has 0 amide bonds. The fourth-order valence-electron chi connectivity index (χ4n) is 1.21. The largest absolute Gasteiger partial charge is 0.281 e. The van der Waals surface area contributed by atoms with Gasteiger partial charge in [-0.2, -0.15) is 0 Å². The lowest BCUT2D eigenvalue weighted by atomic mass is 10.2. The third-order valence-corrected chi connectivity index (χ3v) is 3.12. The fourth-order valence-corrected chi connectivity index (χ4v) is 1.98. The van der Waals surface area contributed by atoms with Crippen molar-refractivity contribution >= 4 is 16.9 Å². The summed E-state index contributed by atoms with van der Waals surface area (Å²) in [5.74, 6) is 0. The number of aryl methyl sites for hydroxylation is 1. The lowest BCUT2D eigenvalue weighted by molar-refractivity contribution is 0.108. The van der Waals surface area contributed by atoms with Crippen LogP contribution in [0.25, 0.3) is 0 Å². The molecule has 0 radical (unpaired) electrons. The number of rotatable bonds is 2. The lowest BCUT2D eigenvalue weighted by Crippen LogP contribution is -1.95. The standard InChI is InChI=1S/C12H10N2OS/c1-9-11(7-13-8-14-9)16-12(15)10-5-3-2-4-6-10/h2-8H,1H3. The maximum absolute atomic E-state index is 11.9. The SMILES string of the molecule is Cc1ncncc1SC(=O)c1ccccc1. The van der Waals surface area contributed by atoms with Crippen molar-refractivity contribution in [1.29, 1.82) is 0 Å². The minimum atomic E-state index is 0.0125. The number of thioether (sulfide) groups is 1. The average molecular weight is 230 g/mol. The van der Waals surface area contributed by atoms with Gasteiger partial charge in [-0.05, 0) is 18.7 Å². The van der Waals surface area contributed by atoms with E-state index in [1.807, 2.05) is 25.1 Å². The predicted octanol–water partition coefficient (Wildman–Crippen LogP) is 2.72. The summed E-state index contributed by atoms with van der Waals surface area (Å²) in [4.78, 5) is 20.6. The van der Waals surface area contributed by atoms with Crippen molar-refractivity contribution in [2.75, 3.05) is 0 Å². The van der Waals surface area contributed by atoms with Crippen LogP contribution in [0.4, 0.5) is 0 Å². The van der Waals surface area contributed by atoms with E-state index in [0.29, 0.717) is 5.56 Å². The van der Waals surface area contributed by atoms with E-state index in [2.05, 4.69) is 9.97 Å². The van der Waals surface area contributed by atoms with Crippen LogP contribution in [0.15, 0.2) is 47.8 Å². The van der Waals surface area contributed by atoms with Crippen LogP contribution < -0.4 is 0 Å². The van der Waals surface area contributed by atoms with Crippen molar-refractivity contribution in [3.05, 3.63) is 54.1 Å². The highest BCUT2D eigenvalue weighted by atomic mass is 32.2. The zero-order valence-corrected chi connectivity index (χ0v) is 9.57. The van der Waals surface area contributed by atoms with Gasteiger partial charge < -0.3 is 0 Å². The second-order valence-electron chi connectivity index (χ2n) is 3.23. The smallest absolute Gasteiger partial charge is 0.224 e. The highest BCUT2D eigenvalue weighted by Gasteiger charge is 2.09. The van der Waals surface area contributed by atoms with Crippen molar-refractivity contribution in [1.82, 2.24) is 9.97 Å². The van der Waals surface area contributed by atoms with Crippen LogP contribution in [-0.2, 0) is 0 Å². The Bertz CT molecular complexity index is 499. The third-order valence-electron chi connectivity index (χ3n) is 2.08. The summed E-state index contributed by atoms with van der Waals surface area (Å²) in [6.45, 7) is 1.86. The fraction of sp³-hybridized carbons (Fsp3) is 0.0833. The molecule has 0 fully saturated rings. The Kier molecular flexibility index (Phi) is 3.31. The van der Waals surface area contributed by atoms with Gasteiger partial charge in [-0.1, -0.05) is 30.3 Å². The second kappa shape index (κ2) is 4.90. The number of carbonyl (C=O) groups is 1. The molecule has 0 spiro atoms. The molecule has 2 aromatic rings. The Labute approximate surface area is 97.9 Å². The third kappa shape index (κ3) is 2.46. The predicted molar refractivity (Wildman–Crippen MR) is 63.4 cm³/mol. The van der Waals surface area contributed by atoms with E-state index in [-0.39, 0.29) is 5.12 Å². The van der Waals surface area contributed by atoms with E-state index >= 15 is 0 Å². The Morgan fingerprint density at radius 3 is 2.69 bits per heavy atom. The minimum Gasteiger partial charge on any atom is -0.281 e. The summed E-state index contributed by atoms with van der Waals surface area (Å²) in [6.07, 6.45) is 3.14. The first-order chi connectivity index (χ1) is 7.77. The summed E-state index contributed by atoms with van der Waals surface area (Å²) in [7, 11) is 0. The van der Waals surface area contributed by atoms with Gasteiger partial charge in [-0.25, -0.2) is 9.97 Å². The zero-order chi connectivity index (χ0) is 11.4. The normalized spacial score (nSPS) is 10.1. The topological polar surface area (TPSA) is 42.9 Å². The number of nitrogens with zero attached hydrogens (tertiary/aromatic N) is 2. The van der Waals surface area contributed by atoms with Gasteiger partial charge in [0.2, 0.25) is 5.12 Å². The summed E-state index contributed by atoms with van der Waals surface area (Å²) < 4.78 is 0. The Morgan fingerprint density at radius 1 is 1.25 bits per heavy atom. The zero-order valence-electron chi connectivity index (χ0n) is 8.75. The molecular formula is C12H10N2OS. The van der Waals surface area contributed by atoms with Crippen molar-refractivity contribution in [2.45, 2.75) is 11.8 Å². The van der Waals surface area contributed by atoms with Gasteiger partial charge in [0.05, 0.1) is 10.6 Å². The van der Waals surface area contributed by atoms with Crippen molar-refractivity contribution in [2.24, 2.45) is 0 Å². The molecule has 4 heteroatoms. The second-order valence-corrected chi connectivity index (χ2v) is 4.24. The average Bonchev–Trinajstić information content (AvgIpc) is 2.33. The molecule has 0 aliphatic carbocycles. The molecule has 0 N–H and O–H groups in total. The van der Waals surface area contributed by atoms with Gasteiger partial charge >= 0.3 is 0 Å². The van der Waals surface area contributed by atoms with Gasteiger partial charge in [0.25, 0.3) is 0 Å². The summed E-state index contributed by atoms with van der Waals surface area (Å²) in [5.41, 5.74) is 1.51. The first kappa shape index (κ1) is 10.8. The maximum Gasteiger partial charge on any atom is 0.224 e. The molecule has 0 bridgehead atoms. The number of aromatic nitrogens is 2. The van der Waals surface area contributed by atoms with Crippen LogP contribution in [0, 0.1) is 6.92 Å². The summed E-state index contributed by atoms with van der Waals surface area (Å²) in [5, 5.41) is 0.0125. The Balaban J connectivity index is 2.18. The highest BCUT2D eigenvalue weighted by molar-refractivity contribution is 8.14. The van der Waals surface area contributed by atoms with E-state index in [1.165, 1.54) is 6.33 Å². The van der Waals surface area contributed by atoms with Crippen LogP contribution in [-0.4, -0.2) is 15.1 Å². The van der Waals surface area contributed by atoms with Crippen LogP contribution in [0.3, 0.4) is 0 Å². The van der Waals surface area contributed by atoms with E-state index in [9.17, 15) is 4.79 Å². The van der Waals surface area contributed by atoms with Crippen molar-refractivity contribution < 1.29 is 4.79 Å².